The van der Waals surface area contributed by atoms with E-state index >= 15 is 0 Å². The van der Waals surface area contributed by atoms with E-state index in [-0.39, 0.29) is 5.82 Å². The van der Waals surface area contributed by atoms with Crippen molar-refractivity contribution in [3.05, 3.63) is 34.6 Å². The molecule has 0 aromatic heterocycles. The second-order valence-corrected chi connectivity index (χ2v) is 3.93. The summed E-state index contributed by atoms with van der Waals surface area (Å²) in [4.78, 5) is 0. The van der Waals surface area contributed by atoms with E-state index in [9.17, 15) is 4.39 Å². The molecule has 78 valence electrons. The van der Waals surface area contributed by atoms with E-state index in [2.05, 4.69) is 19.9 Å². The second kappa shape index (κ2) is 4.59. The summed E-state index contributed by atoms with van der Waals surface area (Å²) in [5.41, 5.74) is 2.84. The zero-order chi connectivity index (χ0) is 10.7. The molecule has 0 nitrogen and oxygen atoms in total. The van der Waals surface area contributed by atoms with Crippen molar-refractivity contribution in [1.82, 2.24) is 0 Å². The van der Waals surface area contributed by atoms with Gasteiger partial charge in [0.15, 0.2) is 0 Å². The molecule has 0 saturated heterocycles. The van der Waals surface area contributed by atoms with Crippen LogP contribution in [-0.2, 0) is 6.42 Å². The first kappa shape index (κ1) is 11.2. The van der Waals surface area contributed by atoms with Gasteiger partial charge in [-0.15, -0.1) is 0 Å². The molecule has 0 amide bonds. The van der Waals surface area contributed by atoms with Crippen molar-refractivity contribution in [3.63, 3.8) is 0 Å². The fourth-order valence-corrected chi connectivity index (χ4v) is 1.79. The van der Waals surface area contributed by atoms with Gasteiger partial charge < -0.3 is 0 Å². The number of benzene rings is 1. The first-order chi connectivity index (χ1) is 6.61. The number of halogens is 1. The van der Waals surface area contributed by atoms with Crippen molar-refractivity contribution < 1.29 is 4.39 Å². The lowest BCUT2D eigenvalue weighted by Crippen LogP contribution is -2.02. The Morgan fingerprint density at radius 3 is 2.43 bits per heavy atom. The minimum atomic E-state index is -0.00898. The fourth-order valence-electron chi connectivity index (χ4n) is 1.79. The Bertz CT molecular complexity index is 315. The Morgan fingerprint density at radius 2 is 1.93 bits per heavy atom. The second-order valence-electron chi connectivity index (χ2n) is 3.93. The third-order valence-corrected chi connectivity index (χ3v) is 2.97. The van der Waals surface area contributed by atoms with Crippen molar-refractivity contribution in [3.8, 4) is 0 Å². The Labute approximate surface area is 86.2 Å². The van der Waals surface area contributed by atoms with Gasteiger partial charge in [-0.25, -0.2) is 4.39 Å². The zero-order valence-electron chi connectivity index (χ0n) is 9.52. The molecule has 0 aliphatic carbocycles. The third-order valence-electron chi connectivity index (χ3n) is 2.97. The van der Waals surface area contributed by atoms with Crippen molar-refractivity contribution in [2.45, 2.75) is 46.5 Å². The highest BCUT2D eigenvalue weighted by Gasteiger charge is 2.13. The molecule has 0 fully saturated rings. The van der Waals surface area contributed by atoms with Gasteiger partial charge in [-0.3, -0.25) is 0 Å². The van der Waals surface area contributed by atoms with E-state index in [1.807, 2.05) is 19.9 Å². The van der Waals surface area contributed by atoms with Crippen LogP contribution in [0.15, 0.2) is 12.1 Å². The lowest BCUT2D eigenvalue weighted by Gasteiger charge is -2.15. The SMILES string of the molecule is CCc1c(C(C)CC)ccc(C)c1F. The molecule has 14 heavy (non-hydrogen) atoms. The Hall–Kier alpha value is -0.850. The highest BCUT2D eigenvalue weighted by Crippen LogP contribution is 2.26. The standard InChI is InChI=1S/C13H19F/c1-5-9(3)12-8-7-10(4)13(14)11(12)6-2/h7-9H,5-6H2,1-4H3. The van der Waals surface area contributed by atoms with Crippen LogP contribution in [0.25, 0.3) is 0 Å². The molecule has 0 bridgehead atoms. The summed E-state index contributed by atoms with van der Waals surface area (Å²) in [6.45, 7) is 8.14. The average Bonchev–Trinajstić information content (AvgIpc) is 2.20. The minimum absolute atomic E-state index is 0.00898. The maximum absolute atomic E-state index is 13.8. The van der Waals surface area contributed by atoms with E-state index in [1.54, 1.807) is 0 Å². The van der Waals surface area contributed by atoms with Crippen molar-refractivity contribution in [1.29, 1.82) is 0 Å². The van der Waals surface area contributed by atoms with Gasteiger partial charge in [0.05, 0.1) is 0 Å². The van der Waals surface area contributed by atoms with Crippen LogP contribution in [0.1, 0.15) is 49.8 Å². The number of aryl methyl sites for hydroxylation is 1. The normalized spacial score (nSPS) is 12.9. The van der Waals surface area contributed by atoms with Gasteiger partial charge >= 0.3 is 0 Å². The van der Waals surface area contributed by atoms with Crippen LogP contribution in [0.5, 0.6) is 0 Å². The molecule has 1 aromatic rings. The molecular weight excluding hydrogens is 175 g/mol. The summed E-state index contributed by atoms with van der Waals surface area (Å²) in [5, 5.41) is 0. The molecule has 0 aliphatic heterocycles. The lowest BCUT2D eigenvalue weighted by molar-refractivity contribution is 0.592. The largest absolute Gasteiger partial charge is 0.206 e. The molecule has 1 atom stereocenters. The maximum atomic E-state index is 13.8. The Kier molecular flexibility index (Phi) is 3.68. The zero-order valence-corrected chi connectivity index (χ0v) is 9.52. The van der Waals surface area contributed by atoms with Gasteiger partial charge in [0.1, 0.15) is 5.82 Å². The Morgan fingerprint density at radius 1 is 1.29 bits per heavy atom. The maximum Gasteiger partial charge on any atom is 0.129 e. The quantitative estimate of drug-likeness (QED) is 0.676. The van der Waals surface area contributed by atoms with Crippen LogP contribution in [0, 0.1) is 12.7 Å². The molecule has 0 aliphatic rings. The average molecular weight is 194 g/mol. The first-order valence-corrected chi connectivity index (χ1v) is 5.39. The minimum Gasteiger partial charge on any atom is -0.206 e. The lowest BCUT2D eigenvalue weighted by atomic mass is 9.91. The smallest absolute Gasteiger partial charge is 0.129 e. The molecule has 0 spiro atoms. The molecule has 1 aromatic carbocycles. The van der Waals surface area contributed by atoms with E-state index in [1.165, 1.54) is 5.56 Å². The monoisotopic (exact) mass is 194 g/mol. The van der Waals surface area contributed by atoms with Gasteiger partial charge in [0, 0.05) is 0 Å². The number of rotatable bonds is 3. The van der Waals surface area contributed by atoms with Crippen LogP contribution < -0.4 is 0 Å². The number of hydrogen-bond donors (Lipinski definition) is 0. The highest BCUT2D eigenvalue weighted by molar-refractivity contribution is 5.35. The summed E-state index contributed by atoms with van der Waals surface area (Å²) in [6, 6.07) is 3.96. The molecule has 0 heterocycles. The fraction of sp³-hybridized carbons (Fsp3) is 0.538. The predicted octanol–water partition coefficient (Wildman–Crippen LogP) is 4.21. The van der Waals surface area contributed by atoms with Gasteiger partial charge in [0.25, 0.3) is 0 Å². The van der Waals surface area contributed by atoms with E-state index in [4.69, 9.17) is 0 Å². The van der Waals surface area contributed by atoms with Crippen molar-refractivity contribution in [2.24, 2.45) is 0 Å². The third kappa shape index (κ3) is 1.97. The summed E-state index contributed by atoms with van der Waals surface area (Å²) < 4.78 is 13.8. The van der Waals surface area contributed by atoms with E-state index < -0.39 is 0 Å². The van der Waals surface area contributed by atoms with Crippen molar-refractivity contribution >= 4 is 0 Å². The molecule has 0 radical (unpaired) electrons. The molecule has 1 rings (SSSR count). The molecule has 1 heteroatoms. The topological polar surface area (TPSA) is 0 Å². The van der Waals surface area contributed by atoms with Gasteiger partial charge in [-0.05, 0) is 42.4 Å². The summed E-state index contributed by atoms with van der Waals surface area (Å²) in [7, 11) is 0. The van der Waals surface area contributed by atoms with Crippen LogP contribution in [0.4, 0.5) is 4.39 Å². The Balaban J connectivity index is 3.23. The molecule has 0 saturated carbocycles. The van der Waals surface area contributed by atoms with Crippen LogP contribution in [0.2, 0.25) is 0 Å². The van der Waals surface area contributed by atoms with Gasteiger partial charge in [0.2, 0.25) is 0 Å². The van der Waals surface area contributed by atoms with Gasteiger partial charge in [-0.2, -0.15) is 0 Å². The molecule has 1 unspecified atom stereocenters. The van der Waals surface area contributed by atoms with Gasteiger partial charge in [-0.1, -0.05) is 32.9 Å². The summed E-state index contributed by atoms with van der Waals surface area (Å²) in [6.07, 6.45) is 1.85. The van der Waals surface area contributed by atoms with Crippen LogP contribution >= 0.6 is 0 Å². The van der Waals surface area contributed by atoms with Crippen molar-refractivity contribution in [2.75, 3.05) is 0 Å². The summed E-state index contributed by atoms with van der Waals surface area (Å²) in [5.74, 6) is 0.449. The molecule has 0 N–H and O–H groups in total. The van der Waals surface area contributed by atoms with E-state index in [0.29, 0.717) is 5.92 Å². The first-order valence-electron chi connectivity index (χ1n) is 5.39. The highest BCUT2D eigenvalue weighted by atomic mass is 19.1. The molecular formula is C13H19F. The van der Waals surface area contributed by atoms with E-state index in [0.717, 1.165) is 24.0 Å². The number of hydrogen-bond acceptors (Lipinski definition) is 0. The summed E-state index contributed by atoms with van der Waals surface area (Å²) >= 11 is 0. The van der Waals surface area contributed by atoms with Crippen LogP contribution in [0.3, 0.4) is 0 Å². The predicted molar refractivity (Wildman–Crippen MR) is 59.2 cm³/mol. The van der Waals surface area contributed by atoms with Crippen LogP contribution in [-0.4, -0.2) is 0 Å².